The second kappa shape index (κ2) is 9.22. The molecule has 0 aromatic heterocycles. The number of aliphatic hydroxyl groups excluding tert-OH is 1. The van der Waals surface area contributed by atoms with Crippen LogP contribution in [-0.4, -0.2) is 17.1 Å². The minimum atomic E-state index is -1.11. The monoisotopic (exact) mass is 499 g/mol. The molecule has 1 amide bonds. The Kier molecular flexibility index (Phi) is 5.99. The summed E-state index contributed by atoms with van der Waals surface area (Å²) in [6.45, 7) is 0.396. The van der Waals surface area contributed by atoms with E-state index in [1.807, 2.05) is 91.0 Å². The number of nitrogens with zero attached hydrogens (tertiary/aromatic N) is 1. The zero-order valence-electron chi connectivity index (χ0n) is 17.8. The lowest BCUT2D eigenvalue weighted by Gasteiger charge is -2.45. The van der Waals surface area contributed by atoms with E-state index in [9.17, 15) is 9.90 Å². The van der Waals surface area contributed by atoms with Crippen LogP contribution in [0.4, 0.5) is 5.69 Å². The van der Waals surface area contributed by atoms with E-state index in [-0.39, 0.29) is 5.91 Å². The maximum atomic E-state index is 12.7. The van der Waals surface area contributed by atoms with Gasteiger partial charge < -0.3 is 9.84 Å². The van der Waals surface area contributed by atoms with Crippen molar-refractivity contribution in [3.8, 4) is 16.9 Å². The topological polar surface area (TPSA) is 49.8 Å². The Labute approximate surface area is 201 Å². The second-order valence-corrected chi connectivity index (χ2v) is 8.88. The van der Waals surface area contributed by atoms with Gasteiger partial charge in [-0.3, -0.25) is 9.69 Å². The summed E-state index contributed by atoms with van der Waals surface area (Å²) in [7, 11) is 0. The largest absolute Gasteiger partial charge is 0.488 e. The standard InChI is InChI=1S/C28H22BrNO3/c29-22-13-16-24(25(17-22)33-18-19-7-3-1-4-8-19)26-27(31)28(32)30(26)23-14-11-21(12-15-23)20-9-5-2-6-10-20/h1-17,26-27,31H,18H2. The van der Waals surface area contributed by atoms with E-state index in [1.54, 1.807) is 4.90 Å². The van der Waals surface area contributed by atoms with Crippen molar-refractivity contribution in [2.45, 2.75) is 18.8 Å². The molecule has 1 saturated heterocycles. The third-order valence-electron chi connectivity index (χ3n) is 5.85. The first kappa shape index (κ1) is 21.4. The number of benzene rings is 4. The molecule has 5 heteroatoms. The molecule has 4 nitrogen and oxygen atoms in total. The van der Waals surface area contributed by atoms with Gasteiger partial charge in [0, 0.05) is 15.7 Å². The average Bonchev–Trinajstić information content (AvgIpc) is 2.87. The van der Waals surface area contributed by atoms with E-state index in [2.05, 4.69) is 28.1 Å². The van der Waals surface area contributed by atoms with Crippen molar-refractivity contribution in [3.63, 3.8) is 0 Å². The van der Waals surface area contributed by atoms with Gasteiger partial charge in [0.15, 0.2) is 6.10 Å². The fourth-order valence-electron chi connectivity index (χ4n) is 4.13. The van der Waals surface area contributed by atoms with Crippen molar-refractivity contribution in [1.29, 1.82) is 0 Å². The van der Waals surface area contributed by atoms with E-state index in [4.69, 9.17) is 4.74 Å². The molecule has 33 heavy (non-hydrogen) atoms. The zero-order chi connectivity index (χ0) is 22.8. The first-order valence-electron chi connectivity index (χ1n) is 10.7. The van der Waals surface area contributed by atoms with Gasteiger partial charge in [0.2, 0.25) is 0 Å². The van der Waals surface area contributed by atoms with Crippen molar-refractivity contribution < 1.29 is 14.6 Å². The van der Waals surface area contributed by atoms with E-state index < -0.39 is 12.1 Å². The minimum absolute atomic E-state index is 0.315. The van der Waals surface area contributed by atoms with Crippen LogP contribution in [0.5, 0.6) is 5.75 Å². The van der Waals surface area contributed by atoms with Crippen molar-refractivity contribution >= 4 is 27.5 Å². The molecule has 2 atom stereocenters. The molecule has 1 fully saturated rings. The van der Waals surface area contributed by atoms with Crippen molar-refractivity contribution in [3.05, 3.63) is 119 Å². The third kappa shape index (κ3) is 4.30. The van der Waals surface area contributed by atoms with Crippen LogP contribution in [0.2, 0.25) is 0 Å². The van der Waals surface area contributed by atoms with Gasteiger partial charge in [-0.25, -0.2) is 0 Å². The molecule has 5 rings (SSSR count). The molecule has 0 spiro atoms. The van der Waals surface area contributed by atoms with Gasteiger partial charge in [0.1, 0.15) is 18.4 Å². The van der Waals surface area contributed by atoms with Crippen molar-refractivity contribution in [2.75, 3.05) is 4.90 Å². The van der Waals surface area contributed by atoms with Crippen LogP contribution in [0.1, 0.15) is 17.2 Å². The number of amides is 1. The number of anilines is 1. The predicted octanol–water partition coefficient (Wildman–Crippen LogP) is 6.14. The molecule has 4 aromatic rings. The smallest absolute Gasteiger partial charge is 0.259 e. The Morgan fingerprint density at radius 2 is 1.45 bits per heavy atom. The van der Waals surface area contributed by atoms with Crippen LogP contribution < -0.4 is 9.64 Å². The summed E-state index contributed by atoms with van der Waals surface area (Å²) < 4.78 is 7.00. The Balaban J connectivity index is 1.43. The van der Waals surface area contributed by atoms with E-state index in [0.29, 0.717) is 12.4 Å². The number of aliphatic hydroxyl groups is 1. The van der Waals surface area contributed by atoms with E-state index in [1.165, 1.54) is 0 Å². The Bertz CT molecular complexity index is 1260. The van der Waals surface area contributed by atoms with Crippen molar-refractivity contribution in [2.24, 2.45) is 0 Å². The lowest BCUT2D eigenvalue weighted by molar-refractivity contribution is -0.137. The summed E-state index contributed by atoms with van der Waals surface area (Å²) in [4.78, 5) is 14.3. The summed E-state index contributed by atoms with van der Waals surface area (Å²) in [5.74, 6) is 0.320. The SMILES string of the molecule is O=C1C(O)C(c2ccc(Br)cc2OCc2ccccc2)N1c1ccc(-c2ccccc2)cc1. The van der Waals surface area contributed by atoms with Crippen LogP contribution in [0, 0.1) is 0 Å². The highest BCUT2D eigenvalue weighted by molar-refractivity contribution is 9.10. The van der Waals surface area contributed by atoms with Crippen LogP contribution >= 0.6 is 15.9 Å². The number of β-lactam (4-membered cyclic amide) rings is 1. The molecular formula is C28H22BrNO3. The maximum Gasteiger partial charge on any atom is 0.259 e. The average molecular weight is 500 g/mol. The van der Waals surface area contributed by atoms with Gasteiger partial charge in [-0.2, -0.15) is 0 Å². The van der Waals surface area contributed by atoms with Crippen molar-refractivity contribution in [1.82, 2.24) is 0 Å². The Hall–Kier alpha value is -3.41. The molecule has 2 unspecified atom stereocenters. The number of ether oxygens (including phenoxy) is 1. The summed E-state index contributed by atoms with van der Waals surface area (Å²) in [5.41, 5.74) is 4.74. The summed E-state index contributed by atoms with van der Waals surface area (Å²) in [5, 5.41) is 10.6. The highest BCUT2D eigenvalue weighted by atomic mass is 79.9. The number of hydrogen-bond donors (Lipinski definition) is 1. The summed E-state index contributed by atoms with van der Waals surface area (Å²) in [6, 6.07) is 33.0. The molecule has 0 saturated carbocycles. The second-order valence-electron chi connectivity index (χ2n) is 7.97. The molecule has 0 bridgehead atoms. The van der Waals surface area contributed by atoms with Crippen LogP contribution in [0.3, 0.4) is 0 Å². The summed E-state index contributed by atoms with van der Waals surface area (Å²) >= 11 is 3.51. The quantitative estimate of drug-likeness (QED) is 0.324. The molecule has 0 aliphatic carbocycles. The van der Waals surface area contributed by atoms with Crippen LogP contribution in [0.25, 0.3) is 11.1 Å². The number of carbonyl (C=O) groups excluding carboxylic acids is 1. The number of rotatable bonds is 6. The molecule has 1 aliphatic heterocycles. The number of carbonyl (C=O) groups is 1. The third-order valence-corrected chi connectivity index (χ3v) is 6.34. The molecule has 1 heterocycles. The van der Waals surface area contributed by atoms with E-state index >= 15 is 0 Å². The summed E-state index contributed by atoms with van der Waals surface area (Å²) in [6.07, 6.45) is -1.11. The molecule has 1 aliphatic rings. The first-order chi connectivity index (χ1) is 16.1. The highest BCUT2D eigenvalue weighted by Crippen LogP contribution is 2.43. The van der Waals surface area contributed by atoms with Crippen LogP contribution in [-0.2, 0) is 11.4 Å². The fourth-order valence-corrected chi connectivity index (χ4v) is 4.47. The van der Waals surface area contributed by atoms with Gasteiger partial charge >= 0.3 is 0 Å². The normalized spacial score (nSPS) is 17.5. The molecular weight excluding hydrogens is 478 g/mol. The highest BCUT2D eigenvalue weighted by Gasteiger charge is 2.49. The zero-order valence-corrected chi connectivity index (χ0v) is 19.4. The number of halogens is 1. The first-order valence-corrected chi connectivity index (χ1v) is 11.5. The van der Waals surface area contributed by atoms with Gasteiger partial charge in [-0.1, -0.05) is 94.8 Å². The molecule has 164 valence electrons. The van der Waals surface area contributed by atoms with Gasteiger partial charge in [-0.15, -0.1) is 0 Å². The molecule has 4 aromatic carbocycles. The molecule has 0 radical (unpaired) electrons. The molecule has 1 N–H and O–H groups in total. The van der Waals surface area contributed by atoms with Gasteiger partial charge in [-0.05, 0) is 41.0 Å². The predicted molar refractivity (Wildman–Crippen MR) is 133 cm³/mol. The Morgan fingerprint density at radius 1 is 0.818 bits per heavy atom. The van der Waals surface area contributed by atoms with Crippen LogP contribution in [0.15, 0.2) is 108 Å². The maximum absolute atomic E-state index is 12.7. The van der Waals surface area contributed by atoms with Gasteiger partial charge in [0.25, 0.3) is 5.91 Å². The van der Waals surface area contributed by atoms with Gasteiger partial charge in [0.05, 0.1) is 0 Å². The minimum Gasteiger partial charge on any atom is -0.488 e. The lowest BCUT2D eigenvalue weighted by atomic mass is 9.89. The Morgan fingerprint density at radius 3 is 2.15 bits per heavy atom. The lowest BCUT2D eigenvalue weighted by Crippen LogP contribution is -2.59. The van der Waals surface area contributed by atoms with E-state index in [0.717, 1.165) is 32.4 Å². The number of hydrogen-bond acceptors (Lipinski definition) is 3. The fraction of sp³-hybridized carbons (Fsp3) is 0.107.